The van der Waals surface area contributed by atoms with Crippen LogP contribution in [-0.2, 0) is 25.7 Å². The molecule has 6 atom stereocenters. The van der Waals surface area contributed by atoms with Gasteiger partial charge in [-0.2, -0.15) is 0 Å². The molecule has 220 valence electrons. The lowest BCUT2D eigenvalue weighted by Crippen LogP contribution is -2.54. The molecule has 2 aromatic carbocycles. The topological polar surface area (TPSA) is 111 Å². The van der Waals surface area contributed by atoms with Crippen molar-refractivity contribution in [2.45, 2.75) is 62.2 Å². The normalized spacial score (nSPS) is 28.0. The van der Waals surface area contributed by atoms with Gasteiger partial charge >= 0.3 is 0 Å². The van der Waals surface area contributed by atoms with Crippen LogP contribution in [0.3, 0.4) is 0 Å². The number of alkyl halides is 1. The third-order valence-corrected chi connectivity index (χ3v) is 9.57. The average Bonchev–Trinajstić information content (AvgIpc) is 3.57. The molecule has 3 saturated heterocycles. The van der Waals surface area contributed by atoms with E-state index < -0.39 is 29.6 Å². The molecule has 0 aromatic heterocycles. The number of hydrogen-bond acceptors (Lipinski definition) is 6. The lowest BCUT2D eigenvalue weighted by atomic mass is 9.70. The highest BCUT2D eigenvalue weighted by molar-refractivity contribution is 9.09. The highest BCUT2D eigenvalue weighted by Crippen LogP contribution is 2.60. The zero-order valence-electron chi connectivity index (χ0n) is 23.6. The van der Waals surface area contributed by atoms with Crippen LogP contribution in [0, 0.1) is 11.8 Å². The molecule has 3 fully saturated rings. The molecule has 3 N–H and O–H groups in total. The van der Waals surface area contributed by atoms with Crippen LogP contribution in [0.1, 0.15) is 38.7 Å². The summed E-state index contributed by atoms with van der Waals surface area (Å²) < 4.78 is 6.55. The van der Waals surface area contributed by atoms with Crippen molar-refractivity contribution in [3.8, 4) is 0 Å². The Labute approximate surface area is 249 Å². The number of nitrogens with zero attached hydrogens (tertiary/aromatic N) is 2. The number of ether oxygens (including phenoxy) is 1. The second-order valence-electron chi connectivity index (χ2n) is 11.0. The zero-order chi connectivity index (χ0) is 29.1. The summed E-state index contributed by atoms with van der Waals surface area (Å²) in [6.45, 7) is 6.60. The smallest absolute Gasteiger partial charge is 0.250 e. The molecule has 3 heterocycles. The van der Waals surface area contributed by atoms with Gasteiger partial charge in [0, 0.05) is 49.0 Å². The van der Waals surface area contributed by atoms with E-state index in [2.05, 4.69) is 45.3 Å². The predicted octanol–water partition coefficient (Wildman–Crippen LogP) is 3.31. The summed E-state index contributed by atoms with van der Waals surface area (Å²) in [5.41, 5.74) is 1.55. The number of fused-ring (bicyclic) bond motifs is 1. The van der Waals surface area contributed by atoms with Gasteiger partial charge in [-0.25, -0.2) is 0 Å². The van der Waals surface area contributed by atoms with Gasteiger partial charge in [-0.1, -0.05) is 46.3 Å². The van der Waals surface area contributed by atoms with Gasteiger partial charge in [-0.05, 0) is 62.9 Å². The monoisotopic (exact) mass is 626 g/mol. The van der Waals surface area contributed by atoms with Crippen molar-refractivity contribution in [1.82, 2.24) is 10.2 Å². The van der Waals surface area contributed by atoms with Gasteiger partial charge in [0.15, 0.2) is 0 Å². The van der Waals surface area contributed by atoms with E-state index in [1.807, 2.05) is 54.6 Å². The maximum absolute atomic E-state index is 14.0. The summed E-state index contributed by atoms with van der Waals surface area (Å²) in [5, 5.41) is 15.4. The van der Waals surface area contributed by atoms with Crippen molar-refractivity contribution < 1.29 is 24.2 Å². The molecule has 2 aromatic rings. The molecule has 3 amide bonds. The third kappa shape index (κ3) is 5.49. The van der Waals surface area contributed by atoms with Crippen molar-refractivity contribution >= 4 is 45.0 Å². The lowest BCUT2D eigenvalue weighted by molar-refractivity contribution is -0.140. The number of nitrogens with one attached hydrogen (secondary N) is 2. The molecule has 10 heteroatoms. The van der Waals surface area contributed by atoms with Gasteiger partial charge in [0.25, 0.3) is 0 Å². The van der Waals surface area contributed by atoms with Gasteiger partial charge in [0.2, 0.25) is 17.7 Å². The Balaban J connectivity index is 1.40. The molecule has 41 heavy (non-hydrogen) atoms. The number of benzene rings is 2. The van der Waals surface area contributed by atoms with Gasteiger partial charge in [0.1, 0.15) is 11.6 Å². The number of aliphatic hydroxyl groups is 1. The number of amides is 3. The van der Waals surface area contributed by atoms with E-state index in [0.29, 0.717) is 38.0 Å². The third-order valence-electron chi connectivity index (χ3n) is 8.72. The number of anilines is 2. The maximum Gasteiger partial charge on any atom is 0.250 e. The van der Waals surface area contributed by atoms with E-state index in [9.17, 15) is 19.5 Å². The predicted molar refractivity (Wildman–Crippen MR) is 161 cm³/mol. The maximum atomic E-state index is 14.0. The van der Waals surface area contributed by atoms with E-state index in [4.69, 9.17) is 4.74 Å². The minimum atomic E-state index is -1.12. The number of carbonyl (C=O) groups is 3. The van der Waals surface area contributed by atoms with Crippen LogP contribution in [0.15, 0.2) is 54.6 Å². The van der Waals surface area contributed by atoms with E-state index in [1.165, 1.54) is 0 Å². The summed E-state index contributed by atoms with van der Waals surface area (Å²) >= 11 is 3.71. The van der Waals surface area contributed by atoms with Crippen LogP contribution < -0.4 is 15.5 Å². The van der Waals surface area contributed by atoms with Crippen LogP contribution >= 0.6 is 15.9 Å². The summed E-state index contributed by atoms with van der Waals surface area (Å²) in [5.74, 6) is -2.28. The summed E-state index contributed by atoms with van der Waals surface area (Å²) in [4.78, 5) is 45.2. The Morgan fingerprint density at radius 3 is 2.44 bits per heavy atom. The first-order chi connectivity index (χ1) is 19.8. The molecule has 0 aliphatic carbocycles. The number of unbranched alkanes of at least 4 members (excludes halogenated alkanes) is 1. The number of rotatable bonds is 12. The largest absolute Gasteiger partial charge is 0.396 e. The molecule has 9 nitrogen and oxygen atoms in total. The standard InChI is InChI=1S/C31H39BrN4O5/c1-3-35(4-2)22-14-12-21(13-15-22)34-29(39)27-31-18-23(32)26(41-31)24(25(31)30(40)36(27)16-8-9-17-37)28(38)33-19-20-10-6-5-7-11-20/h5-7,10-15,23-27,37H,3-4,8-9,16-19H2,1-2H3,(H,33,38)(H,34,39)/t23?,24-,25-,26-,27?,31?/m0/s1. The number of hydrogen-bond donors (Lipinski definition) is 3. The Hall–Kier alpha value is -2.95. The quantitative estimate of drug-likeness (QED) is 0.246. The molecule has 0 saturated carbocycles. The average molecular weight is 628 g/mol. The highest BCUT2D eigenvalue weighted by atomic mass is 79.9. The first-order valence-electron chi connectivity index (χ1n) is 14.5. The van der Waals surface area contributed by atoms with Gasteiger partial charge < -0.3 is 30.3 Å². The fourth-order valence-electron chi connectivity index (χ4n) is 6.82. The summed E-state index contributed by atoms with van der Waals surface area (Å²) in [7, 11) is 0. The molecule has 3 aliphatic rings. The number of likely N-dealkylation sites (tertiary alicyclic amines) is 1. The molecule has 5 rings (SSSR count). The van der Waals surface area contributed by atoms with Gasteiger partial charge in [-0.15, -0.1) is 0 Å². The molecule has 2 bridgehead atoms. The van der Waals surface area contributed by atoms with Crippen molar-refractivity contribution in [3.05, 3.63) is 60.2 Å². The SMILES string of the molecule is CCN(CC)c1ccc(NC(=O)C2N(CCCCO)C(=O)[C@@H]3[C@H](C(=O)NCc4ccccc4)[C@H]4OC23CC4Br)cc1. The van der Waals surface area contributed by atoms with Crippen molar-refractivity contribution in [1.29, 1.82) is 0 Å². The van der Waals surface area contributed by atoms with Crippen LogP contribution in [0.5, 0.6) is 0 Å². The fraction of sp³-hybridized carbons (Fsp3) is 0.516. The second-order valence-corrected chi connectivity index (χ2v) is 12.2. The summed E-state index contributed by atoms with van der Waals surface area (Å²) in [6, 6.07) is 16.4. The minimum Gasteiger partial charge on any atom is -0.396 e. The van der Waals surface area contributed by atoms with Crippen molar-refractivity contribution in [3.63, 3.8) is 0 Å². The lowest BCUT2D eigenvalue weighted by Gasteiger charge is -2.34. The number of carbonyl (C=O) groups excluding carboxylic acids is 3. The van der Waals surface area contributed by atoms with Gasteiger partial charge in [-0.3, -0.25) is 14.4 Å². The number of aliphatic hydroxyl groups excluding tert-OH is 1. The Morgan fingerprint density at radius 2 is 1.78 bits per heavy atom. The highest BCUT2D eigenvalue weighted by Gasteiger charge is 2.76. The van der Waals surface area contributed by atoms with E-state index >= 15 is 0 Å². The van der Waals surface area contributed by atoms with Crippen LogP contribution in [0.25, 0.3) is 0 Å². The Bertz CT molecular complexity index is 1240. The molecule has 3 unspecified atom stereocenters. The van der Waals surface area contributed by atoms with Gasteiger partial charge in [0.05, 0.1) is 17.9 Å². The minimum absolute atomic E-state index is 0.00107. The van der Waals surface area contributed by atoms with E-state index in [0.717, 1.165) is 24.3 Å². The molecular formula is C31H39BrN4O5. The van der Waals surface area contributed by atoms with E-state index in [1.54, 1.807) is 4.90 Å². The molecule has 1 spiro atoms. The molecule has 0 radical (unpaired) electrons. The van der Waals surface area contributed by atoms with Crippen LogP contribution in [0.2, 0.25) is 0 Å². The number of halogens is 1. The van der Waals surface area contributed by atoms with E-state index in [-0.39, 0.29) is 29.2 Å². The Morgan fingerprint density at radius 1 is 1.07 bits per heavy atom. The fourth-order valence-corrected chi connectivity index (χ4v) is 7.76. The first-order valence-corrected chi connectivity index (χ1v) is 15.5. The van der Waals surface area contributed by atoms with Crippen LogP contribution in [0.4, 0.5) is 11.4 Å². The molecular weight excluding hydrogens is 588 g/mol. The zero-order valence-corrected chi connectivity index (χ0v) is 25.2. The van der Waals surface area contributed by atoms with Crippen molar-refractivity contribution in [2.24, 2.45) is 11.8 Å². The van der Waals surface area contributed by atoms with Crippen LogP contribution in [-0.4, -0.2) is 76.5 Å². The first kappa shape index (κ1) is 29.5. The summed E-state index contributed by atoms with van der Waals surface area (Å²) in [6.07, 6.45) is 0.988. The molecule has 3 aliphatic heterocycles. The second kappa shape index (κ2) is 12.5. The van der Waals surface area contributed by atoms with Crippen molar-refractivity contribution in [2.75, 3.05) is 36.5 Å². The Kier molecular flexibility index (Phi) is 9.01.